The molecule has 0 saturated heterocycles. The fraction of sp³-hybridized carbons (Fsp3) is 0.455. The Morgan fingerprint density at radius 2 is 1.93 bits per heavy atom. The first kappa shape index (κ1) is 19.6. The summed E-state index contributed by atoms with van der Waals surface area (Å²) in [6, 6.07) is 13.6. The molecular formula is C22H27FN2O2S. The number of fused-ring (bicyclic) bond motifs is 1. The Labute approximate surface area is 166 Å². The van der Waals surface area contributed by atoms with Crippen LogP contribution < -0.4 is 5.32 Å². The van der Waals surface area contributed by atoms with E-state index in [2.05, 4.69) is 23.5 Å². The Morgan fingerprint density at radius 3 is 2.57 bits per heavy atom. The van der Waals surface area contributed by atoms with Crippen LogP contribution in [0.15, 0.2) is 42.5 Å². The number of hydrogen-bond donors (Lipinski definition) is 1. The van der Waals surface area contributed by atoms with Crippen LogP contribution in [0.4, 0.5) is 4.39 Å². The molecule has 0 amide bonds. The average molecular weight is 403 g/mol. The molecule has 0 aliphatic heterocycles. The van der Waals surface area contributed by atoms with Crippen LogP contribution in [0.1, 0.15) is 41.0 Å². The molecule has 4 rings (SSSR count). The summed E-state index contributed by atoms with van der Waals surface area (Å²) in [5, 5.41) is 3.41. The summed E-state index contributed by atoms with van der Waals surface area (Å²) in [7, 11) is -1.25. The third-order valence-electron chi connectivity index (χ3n) is 5.97. The standard InChI is InChI=1S/C22H27FN2O2S/c1-24-22-13-17-7-6-16(14-25(19-8-9-19)28(2,26)27)12-20(17)21(22)11-15-4-3-5-18(23)10-15/h3-7,10,12,19,21-22,24H,8-9,11,13-14H2,1-2H3. The Kier molecular flexibility index (Phi) is 5.29. The van der Waals surface area contributed by atoms with Gasteiger partial charge in [-0.05, 0) is 67.1 Å². The van der Waals surface area contributed by atoms with Crippen LogP contribution in [-0.2, 0) is 29.4 Å². The second kappa shape index (κ2) is 7.58. The highest BCUT2D eigenvalue weighted by Crippen LogP contribution is 2.37. The van der Waals surface area contributed by atoms with E-state index in [1.165, 1.54) is 23.4 Å². The highest BCUT2D eigenvalue weighted by molar-refractivity contribution is 7.88. The number of nitrogens with zero attached hydrogens (tertiary/aromatic N) is 1. The largest absolute Gasteiger partial charge is 0.316 e. The van der Waals surface area contributed by atoms with E-state index in [9.17, 15) is 12.8 Å². The lowest BCUT2D eigenvalue weighted by Crippen LogP contribution is -2.31. The highest BCUT2D eigenvalue weighted by atomic mass is 32.2. The van der Waals surface area contributed by atoms with Gasteiger partial charge in [-0.3, -0.25) is 0 Å². The van der Waals surface area contributed by atoms with Crippen LogP contribution in [-0.4, -0.2) is 38.1 Å². The van der Waals surface area contributed by atoms with E-state index >= 15 is 0 Å². The molecule has 0 spiro atoms. The first-order valence-electron chi connectivity index (χ1n) is 9.85. The molecule has 0 heterocycles. The van der Waals surface area contributed by atoms with Gasteiger partial charge in [-0.2, -0.15) is 4.31 Å². The fourth-order valence-electron chi connectivity index (χ4n) is 4.40. The predicted octanol–water partition coefficient (Wildman–Crippen LogP) is 3.22. The van der Waals surface area contributed by atoms with Crippen molar-refractivity contribution in [3.05, 3.63) is 70.5 Å². The molecular weight excluding hydrogens is 375 g/mol. The smallest absolute Gasteiger partial charge is 0.211 e. The number of benzene rings is 2. The lowest BCUT2D eigenvalue weighted by Gasteiger charge is -2.22. The van der Waals surface area contributed by atoms with Crippen molar-refractivity contribution in [2.24, 2.45) is 0 Å². The molecule has 28 heavy (non-hydrogen) atoms. The maximum atomic E-state index is 13.6. The summed E-state index contributed by atoms with van der Waals surface area (Å²) in [4.78, 5) is 0. The molecule has 0 radical (unpaired) electrons. The van der Waals surface area contributed by atoms with Crippen molar-refractivity contribution in [1.29, 1.82) is 0 Å². The van der Waals surface area contributed by atoms with Gasteiger partial charge in [0.2, 0.25) is 10.0 Å². The highest BCUT2D eigenvalue weighted by Gasteiger charge is 2.36. The van der Waals surface area contributed by atoms with Crippen molar-refractivity contribution in [3.63, 3.8) is 0 Å². The monoisotopic (exact) mass is 402 g/mol. The minimum atomic E-state index is -3.22. The van der Waals surface area contributed by atoms with E-state index in [0.29, 0.717) is 12.6 Å². The maximum absolute atomic E-state index is 13.6. The number of rotatable bonds is 7. The molecule has 1 saturated carbocycles. The summed E-state index contributed by atoms with van der Waals surface area (Å²) in [6.45, 7) is 0.424. The van der Waals surface area contributed by atoms with Gasteiger partial charge in [-0.15, -0.1) is 0 Å². The third-order valence-corrected chi connectivity index (χ3v) is 7.25. The van der Waals surface area contributed by atoms with Crippen molar-refractivity contribution < 1.29 is 12.8 Å². The van der Waals surface area contributed by atoms with Gasteiger partial charge in [-0.1, -0.05) is 30.3 Å². The third kappa shape index (κ3) is 4.14. The second-order valence-electron chi connectivity index (χ2n) is 8.11. The molecule has 1 fully saturated rings. The summed E-state index contributed by atoms with van der Waals surface area (Å²) >= 11 is 0. The molecule has 6 heteroatoms. The van der Waals surface area contributed by atoms with E-state index < -0.39 is 10.0 Å². The van der Waals surface area contributed by atoms with Crippen molar-refractivity contribution in [2.75, 3.05) is 13.3 Å². The van der Waals surface area contributed by atoms with E-state index in [-0.39, 0.29) is 17.8 Å². The van der Waals surface area contributed by atoms with Crippen molar-refractivity contribution >= 4 is 10.0 Å². The summed E-state index contributed by atoms with van der Waals surface area (Å²) < 4.78 is 39.6. The van der Waals surface area contributed by atoms with E-state index in [1.54, 1.807) is 16.4 Å². The van der Waals surface area contributed by atoms with E-state index in [1.807, 2.05) is 13.1 Å². The van der Waals surface area contributed by atoms with Gasteiger partial charge >= 0.3 is 0 Å². The molecule has 4 nitrogen and oxygen atoms in total. The summed E-state index contributed by atoms with van der Waals surface area (Å²) in [5.74, 6) is 0.0352. The predicted molar refractivity (Wildman–Crippen MR) is 109 cm³/mol. The summed E-state index contributed by atoms with van der Waals surface area (Å²) in [5.41, 5.74) is 4.56. The number of halogens is 1. The minimum absolute atomic E-state index is 0.149. The zero-order valence-electron chi connectivity index (χ0n) is 16.4. The zero-order valence-corrected chi connectivity index (χ0v) is 17.2. The second-order valence-corrected chi connectivity index (χ2v) is 10.0. The van der Waals surface area contributed by atoms with Gasteiger partial charge in [0.05, 0.1) is 6.26 Å². The van der Waals surface area contributed by atoms with Crippen LogP contribution in [0.25, 0.3) is 0 Å². The van der Waals surface area contributed by atoms with Gasteiger partial charge in [0, 0.05) is 24.5 Å². The van der Waals surface area contributed by atoms with Crippen molar-refractivity contribution in [3.8, 4) is 0 Å². The molecule has 2 aliphatic carbocycles. The number of likely N-dealkylation sites (N-methyl/N-ethyl adjacent to an activating group) is 1. The Balaban J connectivity index is 1.61. The Hall–Kier alpha value is -1.76. The zero-order chi connectivity index (χ0) is 19.9. The van der Waals surface area contributed by atoms with Crippen molar-refractivity contribution in [1.82, 2.24) is 9.62 Å². The van der Waals surface area contributed by atoms with Crippen molar-refractivity contribution in [2.45, 2.75) is 50.2 Å². The molecule has 0 aromatic heterocycles. The topological polar surface area (TPSA) is 49.4 Å². The van der Waals surface area contributed by atoms with Crippen LogP contribution in [0.2, 0.25) is 0 Å². The van der Waals surface area contributed by atoms with Crippen LogP contribution >= 0.6 is 0 Å². The number of hydrogen-bond acceptors (Lipinski definition) is 3. The van der Waals surface area contributed by atoms with Gasteiger partial charge in [0.1, 0.15) is 5.82 Å². The lowest BCUT2D eigenvalue weighted by molar-refractivity contribution is 0.402. The average Bonchev–Trinajstić information content (AvgIpc) is 3.42. The SMILES string of the molecule is CNC1Cc2ccc(CN(C3CC3)S(C)(=O)=O)cc2C1Cc1cccc(F)c1. The van der Waals surface area contributed by atoms with Crippen LogP contribution in [0.5, 0.6) is 0 Å². The van der Waals surface area contributed by atoms with Gasteiger partial charge in [0.15, 0.2) is 0 Å². The lowest BCUT2D eigenvalue weighted by atomic mass is 9.90. The summed E-state index contributed by atoms with van der Waals surface area (Å²) in [6.07, 6.45) is 4.88. The Morgan fingerprint density at radius 1 is 1.14 bits per heavy atom. The van der Waals surface area contributed by atoms with Crippen LogP contribution in [0.3, 0.4) is 0 Å². The molecule has 2 unspecified atom stereocenters. The Bertz CT molecular complexity index is 972. The van der Waals surface area contributed by atoms with Crippen LogP contribution in [0, 0.1) is 5.82 Å². The molecule has 2 aliphatic rings. The first-order valence-corrected chi connectivity index (χ1v) is 11.7. The molecule has 2 aromatic carbocycles. The molecule has 0 bridgehead atoms. The van der Waals surface area contributed by atoms with Gasteiger partial charge in [0.25, 0.3) is 0 Å². The number of sulfonamides is 1. The van der Waals surface area contributed by atoms with E-state index in [0.717, 1.165) is 36.8 Å². The molecule has 2 aromatic rings. The first-order chi connectivity index (χ1) is 13.3. The fourth-order valence-corrected chi connectivity index (χ4v) is 5.54. The van der Waals surface area contributed by atoms with E-state index in [4.69, 9.17) is 0 Å². The van der Waals surface area contributed by atoms with Gasteiger partial charge in [-0.25, -0.2) is 12.8 Å². The normalized spacial score (nSPS) is 21.9. The number of nitrogens with one attached hydrogen (secondary N) is 1. The van der Waals surface area contributed by atoms with Gasteiger partial charge < -0.3 is 5.32 Å². The minimum Gasteiger partial charge on any atom is -0.316 e. The molecule has 1 N–H and O–H groups in total. The quantitative estimate of drug-likeness (QED) is 0.774. The molecule has 2 atom stereocenters. The maximum Gasteiger partial charge on any atom is 0.211 e. The molecule has 150 valence electrons.